The molecule has 0 radical (unpaired) electrons. The van der Waals surface area contributed by atoms with Gasteiger partial charge in [-0.2, -0.15) is 9.78 Å². The van der Waals surface area contributed by atoms with E-state index in [1.807, 2.05) is 13.8 Å². The molecule has 3 aromatic rings. The number of phenols is 2. The van der Waals surface area contributed by atoms with Crippen molar-refractivity contribution in [2.75, 3.05) is 0 Å². The Kier molecular flexibility index (Phi) is 3.42. The van der Waals surface area contributed by atoms with Crippen molar-refractivity contribution in [3.8, 4) is 11.5 Å². The van der Waals surface area contributed by atoms with Crippen LogP contribution in [-0.2, 0) is 0 Å². The van der Waals surface area contributed by atoms with Gasteiger partial charge < -0.3 is 10.2 Å². The van der Waals surface area contributed by atoms with Crippen LogP contribution in [-0.4, -0.2) is 26.1 Å². The van der Waals surface area contributed by atoms with Gasteiger partial charge in [-0.3, -0.25) is 4.79 Å². The molecule has 3 rings (SSSR count). The summed E-state index contributed by atoms with van der Waals surface area (Å²) in [6.07, 6.45) is 2.79. The highest BCUT2D eigenvalue weighted by molar-refractivity contribution is 7.18. The molecule has 0 amide bonds. The third-order valence-electron chi connectivity index (χ3n) is 3.40. The Hall–Kier alpha value is -2.67. The Morgan fingerprint density at radius 1 is 1.27 bits per heavy atom. The van der Waals surface area contributed by atoms with Crippen molar-refractivity contribution < 1.29 is 10.2 Å². The summed E-state index contributed by atoms with van der Waals surface area (Å²) in [6, 6.07) is 4.29. The minimum atomic E-state index is -0.242. The fourth-order valence-electron chi connectivity index (χ4n) is 2.06. The van der Waals surface area contributed by atoms with Gasteiger partial charge in [0.25, 0.3) is 5.56 Å². The number of thiophene rings is 1. The summed E-state index contributed by atoms with van der Waals surface area (Å²) >= 11 is 1.48. The maximum absolute atomic E-state index is 12.4. The summed E-state index contributed by atoms with van der Waals surface area (Å²) in [5.41, 5.74) is 1.25. The molecule has 0 bridgehead atoms. The molecule has 0 aliphatic carbocycles. The molecule has 0 aliphatic rings. The van der Waals surface area contributed by atoms with E-state index >= 15 is 0 Å². The highest BCUT2D eigenvalue weighted by Crippen LogP contribution is 2.25. The van der Waals surface area contributed by atoms with Crippen molar-refractivity contribution in [1.29, 1.82) is 0 Å². The molecule has 0 unspecified atom stereocenters. The lowest BCUT2D eigenvalue weighted by Gasteiger charge is -2.00. The number of aromatic nitrogens is 2. The molecule has 7 heteroatoms. The minimum absolute atomic E-state index is 0.207. The number of benzene rings is 1. The molecule has 0 aliphatic heterocycles. The molecule has 0 fully saturated rings. The van der Waals surface area contributed by atoms with E-state index in [1.54, 1.807) is 6.07 Å². The Morgan fingerprint density at radius 3 is 2.77 bits per heavy atom. The fraction of sp³-hybridized carbons (Fsp3) is 0.133. The number of hydrogen-bond acceptors (Lipinski definition) is 6. The van der Waals surface area contributed by atoms with Crippen LogP contribution in [0, 0.1) is 13.8 Å². The summed E-state index contributed by atoms with van der Waals surface area (Å²) in [5, 5.41) is 23.4. The van der Waals surface area contributed by atoms with Crippen LogP contribution < -0.4 is 5.56 Å². The molecule has 112 valence electrons. The van der Waals surface area contributed by atoms with E-state index in [0.29, 0.717) is 15.8 Å². The van der Waals surface area contributed by atoms with Gasteiger partial charge in [-0.15, -0.1) is 11.3 Å². The van der Waals surface area contributed by atoms with Crippen LogP contribution in [0.3, 0.4) is 0 Å². The van der Waals surface area contributed by atoms with Gasteiger partial charge in [0.1, 0.15) is 11.2 Å². The van der Waals surface area contributed by atoms with Crippen LogP contribution in [0.5, 0.6) is 11.5 Å². The van der Waals surface area contributed by atoms with Gasteiger partial charge >= 0.3 is 0 Å². The van der Waals surface area contributed by atoms with Gasteiger partial charge in [-0.25, -0.2) is 4.98 Å². The molecule has 0 atom stereocenters. The van der Waals surface area contributed by atoms with E-state index in [9.17, 15) is 15.0 Å². The van der Waals surface area contributed by atoms with Crippen LogP contribution in [0.15, 0.2) is 34.4 Å². The van der Waals surface area contributed by atoms with E-state index in [-0.39, 0.29) is 17.1 Å². The molecular weight excluding hydrogens is 302 g/mol. The van der Waals surface area contributed by atoms with Crippen molar-refractivity contribution in [3.63, 3.8) is 0 Å². The third-order valence-corrected chi connectivity index (χ3v) is 4.52. The molecular formula is C15H13N3O3S. The lowest BCUT2D eigenvalue weighted by molar-refractivity contribution is 0.403. The Morgan fingerprint density at radius 2 is 2.05 bits per heavy atom. The largest absolute Gasteiger partial charge is 0.504 e. The number of phenolic OH excluding ortho intramolecular Hbond substituents is 2. The molecule has 2 N–H and O–H groups in total. The zero-order chi connectivity index (χ0) is 15.9. The van der Waals surface area contributed by atoms with E-state index < -0.39 is 0 Å². The fourth-order valence-corrected chi connectivity index (χ4v) is 3.05. The van der Waals surface area contributed by atoms with Crippen molar-refractivity contribution in [2.45, 2.75) is 13.8 Å². The quantitative estimate of drug-likeness (QED) is 0.561. The summed E-state index contributed by atoms with van der Waals surface area (Å²) in [7, 11) is 0. The van der Waals surface area contributed by atoms with Gasteiger partial charge in [0.15, 0.2) is 11.5 Å². The summed E-state index contributed by atoms with van der Waals surface area (Å²) in [6.45, 7) is 3.84. The van der Waals surface area contributed by atoms with Crippen molar-refractivity contribution in [1.82, 2.24) is 9.66 Å². The van der Waals surface area contributed by atoms with Gasteiger partial charge in [-0.05, 0) is 43.2 Å². The number of nitrogens with zero attached hydrogens (tertiary/aromatic N) is 3. The normalized spacial score (nSPS) is 11.5. The first-order chi connectivity index (χ1) is 10.5. The molecule has 1 aromatic carbocycles. The predicted octanol–water partition coefficient (Wildman–Crippen LogP) is 2.37. The molecule has 0 saturated carbocycles. The van der Waals surface area contributed by atoms with E-state index in [2.05, 4.69) is 10.1 Å². The van der Waals surface area contributed by atoms with E-state index in [1.165, 1.54) is 36.0 Å². The van der Waals surface area contributed by atoms with Crippen LogP contribution >= 0.6 is 11.3 Å². The zero-order valence-electron chi connectivity index (χ0n) is 11.9. The van der Waals surface area contributed by atoms with Gasteiger partial charge in [0.2, 0.25) is 0 Å². The van der Waals surface area contributed by atoms with Crippen molar-refractivity contribution in [3.05, 3.63) is 50.9 Å². The highest BCUT2D eigenvalue weighted by Gasteiger charge is 2.11. The van der Waals surface area contributed by atoms with Crippen LogP contribution in [0.1, 0.15) is 16.0 Å². The smallest absolute Gasteiger partial charge is 0.282 e. The van der Waals surface area contributed by atoms with Crippen molar-refractivity contribution in [2.24, 2.45) is 5.10 Å². The minimum Gasteiger partial charge on any atom is -0.504 e. The molecule has 0 spiro atoms. The van der Waals surface area contributed by atoms with Gasteiger partial charge in [0.05, 0.1) is 11.6 Å². The monoisotopic (exact) mass is 315 g/mol. The Balaban J connectivity index is 2.05. The topological polar surface area (TPSA) is 87.7 Å². The summed E-state index contributed by atoms with van der Waals surface area (Å²) in [5.74, 6) is -0.448. The SMILES string of the molecule is Cc1sc2ncn(/N=C/c3ccc(O)c(O)c3)c(=O)c2c1C. The molecule has 0 saturated heterocycles. The number of aryl methyl sites for hydroxylation is 2. The number of hydrogen-bond donors (Lipinski definition) is 2. The van der Waals surface area contributed by atoms with E-state index in [4.69, 9.17) is 0 Å². The van der Waals surface area contributed by atoms with Crippen molar-refractivity contribution >= 4 is 27.8 Å². The second-order valence-corrected chi connectivity index (χ2v) is 6.05. The number of aromatic hydroxyl groups is 2. The van der Waals surface area contributed by atoms with Crippen LogP contribution in [0.2, 0.25) is 0 Å². The lowest BCUT2D eigenvalue weighted by Crippen LogP contribution is -2.16. The molecule has 22 heavy (non-hydrogen) atoms. The maximum atomic E-state index is 12.4. The average Bonchev–Trinajstić information content (AvgIpc) is 2.78. The van der Waals surface area contributed by atoms with Gasteiger partial charge in [-0.1, -0.05) is 0 Å². The Bertz CT molecular complexity index is 957. The molecule has 6 nitrogen and oxygen atoms in total. The first kappa shape index (κ1) is 14.3. The summed E-state index contributed by atoms with van der Waals surface area (Å²) < 4.78 is 1.16. The first-order valence-electron chi connectivity index (χ1n) is 6.51. The lowest BCUT2D eigenvalue weighted by atomic mass is 10.2. The third kappa shape index (κ3) is 2.35. The predicted molar refractivity (Wildman–Crippen MR) is 86.1 cm³/mol. The number of fused-ring (bicyclic) bond motifs is 1. The first-order valence-corrected chi connectivity index (χ1v) is 7.32. The second kappa shape index (κ2) is 5.27. The zero-order valence-corrected chi connectivity index (χ0v) is 12.8. The van der Waals surface area contributed by atoms with E-state index in [0.717, 1.165) is 15.1 Å². The second-order valence-electron chi connectivity index (χ2n) is 4.85. The molecule has 2 heterocycles. The van der Waals surface area contributed by atoms with Crippen LogP contribution in [0.4, 0.5) is 0 Å². The number of rotatable bonds is 2. The molecule has 2 aromatic heterocycles. The standard InChI is InChI=1S/C15H13N3O3S/c1-8-9(2)22-14-13(8)15(21)18(7-16-14)17-6-10-3-4-11(19)12(20)5-10/h3-7,19-20H,1-2H3/b17-6+. The maximum Gasteiger partial charge on any atom is 0.282 e. The summed E-state index contributed by atoms with van der Waals surface area (Å²) in [4.78, 5) is 18.4. The highest BCUT2D eigenvalue weighted by atomic mass is 32.1. The Labute approximate surface area is 129 Å². The average molecular weight is 315 g/mol. The van der Waals surface area contributed by atoms with Crippen LogP contribution in [0.25, 0.3) is 10.2 Å². The van der Waals surface area contributed by atoms with Gasteiger partial charge in [0, 0.05) is 4.88 Å².